The van der Waals surface area contributed by atoms with Crippen molar-refractivity contribution < 1.29 is 27.5 Å². The summed E-state index contributed by atoms with van der Waals surface area (Å²) in [5.74, 6) is -0.781. The van der Waals surface area contributed by atoms with Crippen molar-refractivity contribution >= 4 is 17.5 Å². The Balaban J connectivity index is 2.12. The number of aromatic nitrogens is 1. The number of methoxy groups -OCH3 is 1. The summed E-state index contributed by atoms with van der Waals surface area (Å²) < 4.78 is 42.7. The van der Waals surface area contributed by atoms with Gasteiger partial charge in [0.2, 0.25) is 11.8 Å². The van der Waals surface area contributed by atoms with Gasteiger partial charge in [-0.1, -0.05) is 0 Å². The number of amides is 2. The van der Waals surface area contributed by atoms with Gasteiger partial charge in [0.25, 0.3) is 0 Å². The van der Waals surface area contributed by atoms with E-state index in [0.29, 0.717) is 0 Å². The second-order valence-electron chi connectivity index (χ2n) is 4.69. The lowest BCUT2D eigenvalue weighted by atomic mass is 10.2. The maximum absolute atomic E-state index is 12.7. The van der Waals surface area contributed by atoms with Crippen molar-refractivity contribution in [3.8, 4) is 0 Å². The second kappa shape index (κ2) is 6.30. The van der Waals surface area contributed by atoms with Gasteiger partial charge in [0, 0.05) is 32.1 Å². The molecule has 120 valence electrons. The normalized spacial score (nSPS) is 16.1. The first-order valence-electron chi connectivity index (χ1n) is 6.43. The van der Waals surface area contributed by atoms with E-state index in [4.69, 9.17) is 4.74 Å². The van der Waals surface area contributed by atoms with Crippen LogP contribution in [0, 0.1) is 0 Å². The van der Waals surface area contributed by atoms with Gasteiger partial charge < -0.3 is 14.5 Å². The Morgan fingerprint density at radius 2 is 2.14 bits per heavy atom. The Hall–Kier alpha value is -2.16. The standard InChI is InChI=1S/C13H14F3N3O3/c1-22-8-12(21)18-4-5-19(11(20)7-18)9-2-3-17-10(6-9)13(14,15)16/h2-3,6H,4-5,7-8H2,1H3. The maximum atomic E-state index is 12.7. The number of alkyl halides is 3. The molecule has 2 heterocycles. The zero-order chi connectivity index (χ0) is 16.3. The van der Waals surface area contributed by atoms with Crippen molar-refractivity contribution in [2.45, 2.75) is 6.18 Å². The average Bonchev–Trinajstić information content (AvgIpc) is 2.46. The third kappa shape index (κ3) is 3.53. The third-order valence-electron chi connectivity index (χ3n) is 3.19. The van der Waals surface area contributed by atoms with Crippen molar-refractivity contribution in [1.29, 1.82) is 0 Å². The van der Waals surface area contributed by atoms with E-state index in [1.165, 1.54) is 23.0 Å². The van der Waals surface area contributed by atoms with E-state index in [2.05, 4.69) is 4.98 Å². The molecule has 0 N–H and O–H groups in total. The van der Waals surface area contributed by atoms with Crippen LogP contribution in [0.15, 0.2) is 18.3 Å². The molecule has 22 heavy (non-hydrogen) atoms. The van der Waals surface area contributed by atoms with Gasteiger partial charge in [0.1, 0.15) is 18.8 Å². The summed E-state index contributed by atoms with van der Waals surface area (Å²) in [5.41, 5.74) is -0.943. The molecule has 0 spiro atoms. The van der Waals surface area contributed by atoms with E-state index in [1.807, 2.05) is 0 Å². The number of halogens is 3. The summed E-state index contributed by atoms with van der Waals surface area (Å²) in [5, 5.41) is 0. The van der Waals surface area contributed by atoms with Gasteiger partial charge in [-0.2, -0.15) is 13.2 Å². The van der Waals surface area contributed by atoms with Crippen molar-refractivity contribution in [3.05, 3.63) is 24.0 Å². The van der Waals surface area contributed by atoms with Crippen LogP contribution in [0.5, 0.6) is 0 Å². The number of piperazine rings is 1. The van der Waals surface area contributed by atoms with Crippen LogP contribution in [-0.4, -0.2) is 55.0 Å². The van der Waals surface area contributed by atoms with Crippen LogP contribution in [0.25, 0.3) is 0 Å². The molecule has 2 rings (SSSR count). The van der Waals surface area contributed by atoms with Crippen molar-refractivity contribution in [3.63, 3.8) is 0 Å². The molecule has 1 saturated heterocycles. The van der Waals surface area contributed by atoms with Gasteiger partial charge >= 0.3 is 6.18 Å². The molecule has 0 atom stereocenters. The van der Waals surface area contributed by atoms with Gasteiger partial charge in [-0.05, 0) is 12.1 Å². The predicted molar refractivity (Wildman–Crippen MR) is 70.0 cm³/mol. The Kier molecular flexibility index (Phi) is 4.65. The Morgan fingerprint density at radius 3 is 2.73 bits per heavy atom. The highest BCUT2D eigenvalue weighted by molar-refractivity contribution is 5.98. The molecule has 1 aromatic rings. The van der Waals surface area contributed by atoms with E-state index in [-0.39, 0.29) is 37.8 Å². The van der Waals surface area contributed by atoms with Crippen LogP contribution in [0.3, 0.4) is 0 Å². The topological polar surface area (TPSA) is 62.7 Å². The third-order valence-corrected chi connectivity index (χ3v) is 3.19. The molecule has 0 unspecified atom stereocenters. The molecule has 0 aliphatic carbocycles. The average molecular weight is 317 g/mol. The molecular weight excluding hydrogens is 303 g/mol. The fraction of sp³-hybridized carbons (Fsp3) is 0.462. The lowest BCUT2D eigenvalue weighted by Gasteiger charge is -2.34. The molecule has 1 aliphatic heterocycles. The first kappa shape index (κ1) is 16.2. The van der Waals surface area contributed by atoms with Crippen LogP contribution in [-0.2, 0) is 20.5 Å². The van der Waals surface area contributed by atoms with Crippen LogP contribution in [0.2, 0.25) is 0 Å². The van der Waals surface area contributed by atoms with Crippen LogP contribution >= 0.6 is 0 Å². The van der Waals surface area contributed by atoms with Gasteiger partial charge in [-0.15, -0.1) is 0 Å². The van der Waals surface area contributed by atoms with E-state index >= 15 is 0 Å². The minimum absolute atomic E-state index is 0.117. The van der Waals surface area contributed by atoms with E-state index in [0.717, 1.165) is 12.3 Å². The molecule has 0 aromatic carbocycles. The summed E-state index contributed by atoms with van der Waals surface area (Å²) in [6, 6.07) is 2.16. The number of carbonyl (C=O) groups excluding carboxylic acids is 2. The fourth-order valence-electron chi connectivity index (χ4n) is 2.12. The van der Waals surface area contributed by atoms with Crippen LogP contribution in [0.1, 0.15) is 5.69 Å². The van der Waals surface area contributed by atoms with Crippen LogP contribution in [0.4, 0.5) is 18.9 Å². The van der Waals surface area contributed by atoms with Gasteiger partial charge in [0.05, 0.1) is 0 Å². The number of rotatable bonds is 3. The molecule has 0 saturated carbocycles. The summed E-state index contributed by atoms with van der Waals surface area (Å²) in [6.45, 7) is 0.0276. The molecule has 0 radical (unpaired) electrons. The number of hydrogen-bond donors (Lipinski definition) is 0. The first-order valence-corrected chi connectivity index (χ1v) is 6.43. The minimum atomic E-state index is -4.57. The summed E-state index contributed by atoms with van der Waals surface area (Å²) in [7, 11) is 1.37. The highest BCUT2D eigenvalue weighted by Gasteiger charge is 2.34. The molecule has 0 bridgehead atoms. The Morgan fingerprint density at radius 1 is 1.41 bits per heavy atom. The molecule has 2 amide bonds. The molecule has 9 heteroatoms. The minimum Gasteiger partial charge on any atom is -0.375 e. The number of ether oxygens (including phenoxy) is 1. The highest BCUT2D eigenvalue weighted by atomic mass is 19.4. The van der Waals surface area contributed by atoms with E-state index in [1.54, 1.807) is 0 Å². The number of nitrogens with zero attached hydrogens (tertiary/aromatic N) is 3. The van der Waals surface area contributed by atoms with Crippen LogP contribution < -0.4 is 4.90 Å². The van der Waals surface area contributed by atoms with Gasteiger partial charge in [-0.3, -0.25) is 14.6 Å². The lowest BCUT2D eigenvalue weighted by Crippen LogP contribution is -2.53. The highest BCUT2D eigenvalue weighted by Crippen LogP contribution is 2.30. The van der Waals surface area contributed by atoms with E-state index in [9.17, 15) is 22.8 Å². The summed E-state index contributed by atoms with van der Waals surface area (Å²) >= 11 is 0. The predicted octanol–water partition coefficient (Wildman–Crippen LogP) is 0.922. The molecular formula is C13H14F3N3O3. The van der Waals surface area contributed by atoms with Crippen molar-refractivity contribution in [1.82, 2.24) is 9.88 Å². The van der Waals surface area contributed by atoms with Crippen molar-refractivity contribution in [2.24, 2.45) is 0 Å². The number of hydrogen-bond acceptors (Lipinski definition) is 4. The second-order valence-corrected chi connectivity index (χ2v) is 4.69. The lowest BCUT2D eigenvalue weighted by molar-refractivity contribution is -0.141. The summed E-state index contributed by atoms with van der Waals surface area (Å²) in [4.78, 5) is 29.5. The SMILES string of the molecule is COCC(=O)N1CCN(c2ccnc(C(F)(F)F)c2)C(=O)C1. The molecule has 1 aliphatic rings. The number of pyridine rings is 1. The first-order chi connectivity index (χ1) is 10.3. The Labute approximate surface area is 124 Å². The molecule has 6 nitrogen and oxygen atoms in total. The largest absolute Gasteiger partial charge is 0.433 e. The number of carbonyl (C=O) groups is 2. The monoisotopic (exact) mass is 317 g/mol. The maximum Gasteiger partial charge on any atom is 0.433 e. The zero-order valence-corrected chi connectivity index (χ0v) is 11.8. The Bertz CT molecular complexity index is 577. The quantitative estimate of drug-likeness (QED) is 0.832. The molecule has 1 fully saturated rings. The van der Waals surface area contributed by atoms with E-state index < -0.39 is 17.8 Å². The smallest absolute Gasteiger partial charge is 0.375 e. The number of anilines is 1. The van der Waals surface area contributed by atoms with Crippen molar-refractivity contribution in [2.75, 3.05) is 38.3 Å². The zero-order valence-electron chi connectivity index (χ0n) is 11.8. The molecule has 1 aromatic heterocycles. The fourth-order valence-corrected chi connectivity index (χ4v) is 2.12. The summed E-state index contributed by atoms with van der Waals surface area (Å²) in [6.07, 6.45) is -3.57. The van der Waals surface area contributed by atoms with Gasteiger partial charge in [0.15, 0.2) is 0 Å². The van der Waals surface area contributed by atoms with Gasteiger partial charge in [-0.25, -0.2) is 0 Å².